The van der Waals surface area contributed by atoms with Gasteiger partial charge >= 0.3 is 5.97 Å². The van der Waals surface area contributed by atoms with Crippen molar-refractivity contribution in [3.63, 3.8) is 0 Å². The minimum absolute atomic E-state index is 0.0868. The van der Waals surface area contributed by atoms with Gasteiger partial charge in [0.05, 0.1) is 17.7 Å². The SMILES string of the molecule is COc1ccc(CCNC(=O)C(C)OC(=O)c2ccc(Cl)c(S(N)(=O)=O)c2)cc1. The van der Waals surface area contributed by atoms with Gasteiger partial charge in [-0.05, 0) is 49.2 Å². The van der Waals surface area contributed by atoms with E-state index >= 15 is 0 Å². The third-order valence-electron chi connectivity index (χ3n) is 4.00. The Kier molecular flexibility index (Phi) is 7.60. The van der Waals surface area contributed by atoms with E-state index in [-0.39, 0.29) is 10.6 Å². The van der Waals surface area contributed by atoms with Gasteiger partial charge in [0.2, 0.25) is 10.0 Å². The highest BCUT2D eigenvalue weighted by atomic mass is 35.5. The molecule has 0 radical (unpaired) electrons. The van der Waals surface area contributed by atoms with Crippen molar-refractivity contribution >= 4 is 33.5 Å². The summed E-state index contributed by atoms with van der Waals surface area (Å²) in [5.74, 6) is -0.608. The average molecular weight is 441 g/mol. The molecule has 1 amide bonds. The lowest BCUT2D eigenvalue weighted by Gasteiger charge is -2.14. The number of carbonyl (C=O) groups is 2. The van der Waals surface area contributed by atoms with Crippen molar-refractivity contribution in [3.05, 3.63) is 58.6 Å². The van der Waals surface area contributed by atoms with Crippen molar-refractivity contribution in [3.8, 4) is 5.75 Å². The second-order valence-corrected chi connectivity index (χ2v) is 8.06. The molecule has 1 unspecified atom stereocenters. The Labute approximate surface area is 174 Å². The Morgan fingerprint density at radius 1 is 1.17 bits per heavy atom. The van der Waals surface area contributed by atoms with Crippen LogP contribution in [-0.2, 0) is 26.0 Å². The van der Waals surface area contributed by atoms with Crippen LogP contribution in [0.3, 0.4) is 0 Å². The summed E-state index contributed by atoms with van der Waals surface area (Å²) in [6, 6.07) is 10.9. The number of rotatable bonds is 8. The predicted molar refractivity (Wildman–Crippen MR) is 107 cm³/mol. The average Bonchev–Trinajstić information content (AvgIpc) is 2.67. The number of hydrogen-bond donors (Lipinski definition) is 2. The van der Waals surface area contributed by atoms with E-state index in [0.717, 1.165) is 17.4 Å². The van der Waals surface area contributed by atoms with Gasteiger partial charge in [0, 0.05) is 6.54 Å². The maximum Gasteiger partial charge on any atom is 0.338 e. The second kappa shape index (κ2) is 9.73. The highest BCUT2D eigenvalue weighted by molar-refractivity contribution is 7.89. The van der Waals surface area contributed by atoms with E-state index in [4.69, 9.17) is 26.2 Å². The standard InChI is InChI=1S/C19H21ClN2O6S/c1-12(18(23)22-10-9-13-3-6-15(27-2)7-4-13)28-19(24)14-5-8-16(20)17(11-14)29(21,25)26/h3-8,11-12H,9-10H2,1-2H3,(H,22,23)(H2,21,25,26). The van der Waals surface area contributed by atoms with Gasteiger partial charge in [-0.25, -0.2) is 18.4 Å². The summed E-state index contributed by atoms with van der Waals surface area (Å²) in [6.07, 6.45) is -0.488. The van der Waals surface area contributed by atoms with Crippen LogP contribution in [0.2, 0.25) is 5.02 Å². The van der Waals surface area contributed by atoms with Gasteiger partial charge in [-0.3, -0.25) is 4.79 Å². The van der Waals surface area contributed by atoms with Crippen LogP contribution in [-0.4, -0.2) is 40.1 Å². The molecule has 0 saturated heterocycles. The molecule has 0 bridgehead atoms. The van der Waals surface area contributed by atoms with Gasteiger partial charge in [0.25, 0.3) is 5.91 Å². The van der Waals surface area contributed by atoms with E-state index in [1.165, 1.54) is 19.1 Å². The Bertz CT molecular complexity index is 992. The molecule has 2 aromatic carbocycles. The fourth-order valence-corrected chi connectivity index (χ4v) is 3.47. The van der Waals surface area contributed by atoms with E-state index in [9.17, 15) is 18.0 Å². The molecule has 0 heterocycles. The van der Waals surface area contributed by atoms with Crippen molar-refractivity contribution in [2.45, 2.75) is 24.3 Å². The normalized spacial score (nSPS) is 12.1. The smallest absolute Gasteiger partial charge is 0.338 e. The van der Waals surface area contributed by atoms with Crippen molar-refractivity contribution in [2.75, 3.05) is 13.7 Å². The number of methoxy groups -OCH3 is 1. The van der Waals surface area contributed by atoms with E-state index in [1.807, 2.05) is 24.3 Å². The van der Waals surface area contributed by atoms with Gasteiger partial charge < -0.3 is 14.8 Å². The molecule has 8 nitrogen and oxygen atoms in total. The number of carbonyl (C=O) groups excluding carboxylic acids is 2. The van der Waals surface area contributed by atoms with E-state index < -0.39 is 32.9 Å². The highest BCUT2D eigenvalue weighted by Gasteiger charge is 2.21. The third-order valence-corrected chi connectivity index (χ3v) is 5.39. The van der Waals surface area contributed by atoms with E-state index in [2.05, 4.69) is 5.32 Å². The molecule has 3 N–H and O–H groups in total. The van der Waals surface area contributed by atoms with Crippen LogP contribution >= 0.6 is 11.6 Å². The maximum absolute atomic E-state index is 12.2. The number of ether oxygens (including phenoxy) is 2. The van der Waals surface area contributed by atoms with E-state index in [1.54, 1.807) is 7.11 Å². The van der Waals surface area contributed by atoms with Crippen molar-refractivity contribution in [2.24, 2.45) is 5.14 Å². The Hall–Kier alpha value is -2.62. The molecule has 0 spiro atoms. The van der Waals surface area contributed by atoms with Gasteiger partial charge in [-0.2, -0.15) is 0 Å². The predicted octanol–water partition coefficient (Wildman–Crippen LogP) is 1.90. The molecular formula is C19H21ClN2O6S. The molecule has 1 atom stereocenters. The Morgan fingerprint density at radius 2 is 1.83 bits per heavy atom. The zero-order chi connectivity index (χ0) is 21.6. The maximum atomic E-state index is 12.2. The fraction of sp³-hybridized carbons (Fsp3) is 0.263. The molecule has 2 aromatic rings. The second-order valence-electron chi connectivity index (χ2n) is 6.13. The minimum Gasteiger partial charge on any atom is -0.497 e. The topological polar surface area (TPSA) is 125 Å². The molecule has 0 aliphatic rings. The van der Waals surface area contributed by atoms with Crippen LogP contribution in [0.15, 0.2) is 47.4 Å². The lowest BCUT2D eigenvalue weighted by molar-refractivity contribution is -0.129. The zero-order valence-corrected chi connectivity index (χ0v) is 17.4. The Morgan fingerprint density at radius 3 is 2.41 bits per heavy atom. The van der Waals surface area contributed by atoms with Gasteiger partial charge in [0.15, 0.2) is 6.10 Å². The van der Waals surface area contributed by atoms with Crippen molar-refractivity contribution < 1.29 is 27.5 Å². The molecule has 0 fully saturated rings. The quantitative estimate of drug-likeness (QED) is 0.604. The van der Waals surface area contributed by atoms with Crippen LogP contribution in [0.1, 0.15) is 22.8 Å². The number of benzene rings is 2. The third kappa shape index (κ3) is 6.45. The van der Waals surface area contributed by atoms with Crippen molar-refractivity contribution in [1.29, 1.82) is 0 Å². The number of esters is 1. The summed E-state index contributed by atoms with van der Waals surface area (Å²) in [4.78, 5) is 24.0. The zero-order valence-electron chi connectivity index (χ0n) is 15.8. The molecule has 0 saturated carbocycles. The molecule has 0 aliphatic heterocycles. The van der Waals surface area contributed by atoms with Gasteiger partial charge in [0.1, 0.15) is 10.6 Å². The number of halogens is 1. The minimum atomic E-state index is -4.10. The number of amides is 1. The first-order chi connectivity index (χ1) is 13.6. The van der Waals surface area contributed by atoms with Crippen LogP contribution in [0.25, 0.3) is 0 Å². The van der Waals surface area contributed by atoms with E-state index in [0.29, 0.717) is 13.0 Å². The summed E-state index contributed by atoms with van der Waals surface area (Å²) in [7, 11) is -2.52. The van der Waals surface area contributed by atoms with Crippen LogP contribution in [0.5, 0.6) is 5.75 Å². The molecule has 0 aliphatic carbocycles. The van der Waals surface area contributed by atoms with Gasteiger partial charge in [-0.1, -0.05) is 23.7 Å². The number of hydrogen-bond acceptors (Lipinski definition) is 6. The molecular weight excluding hydrogens is 420 g/mol. The highest BCUT2D eigenvalue weighted by Crippen LogP contribution is 2.22. The number of primary sulfonamides is 1. The largest absolute Gasteiger partial charge is 0.497 e. The molecule has 156 valence electrons. The molecule has 10 heteroatoms. The first kappa shape index (κ1) is 22.7. The molecule has 29 heavy (non-hydrogen) atoms. The lowest BCUT2D eigenvalue weighted by atomic mass is 10.1. The molecule has 0 aromatic heterocycles. The monoisotopic (exact) mass is 440 g/mol. The first-order valence-corrected chi connectivity index (χ1v) is 10.5. The number of sulfonamides is 1. The summed E-state index contributed by atoms with van der Waals surface area (Å²) in [6.45, 7) is 1.76. The summed E-state index contributed by atoms with van der Waals surface area (Å²) < 4.78 is 33.2. The van der Waals surface area contributed by atoms with Crippen molar-refractivity contribution in [1.82, 2.24) is 5.32 Å². The number of nitrogens with two attached hydrogens (primary N) is 1. The van der Waals surface area contributed by atoms with Crippen LogP contribution in [0, 0.1) is 0 Å². The number of nitrogens with one attached hydrogen (secondary N) is 1. The van der Waals surface area contributed by atoms with Crippen LogP contribution in [0.4, 0.5) is 0 Å². The fourth-order valence-electron chi connectivity index (χ4n) is 2.40. The van der Waals surface area contributed by atoms with Gasteiger partial charge in [-0.15, -0.1) is 0 Å². The Balaban J connectivity index is 1.90. The lowest BCUT2D eigenvalue weighted by Crippen LogP contribution is -2.36. The molecule has 2 rings (SSSR count). The summed E-state index contributed by atoms with van der Waals surface area (Å²) in [5, 5.41) is 7.62. The summed E-state index contributed by atoms with van der Waals surface area (Å²) in [5.41, 5.74) is 0.920. The first-order valence-electron chi connectivity index (χ1n) is 8.56. The van der Waals surface area contributed by atoms with Crippen LogP contribution < -0.4 is 15.2 Å². The summed E-state index contributed by atoms with van der Waals surface area (Å²) >= 11 is 5.78.